The normalized spacial score (nSPS) is 19.6. The van der Waals surface area contributed by atoms with E-state index in [9.17, 15) is 4.39 Å². The molecule has 1 saturated heterocycles. The summed E-state index contributed by atoms with van der Waals surface area (Å²) >= 11 is 1.72. The number of rotatable bonds is 5. The van der Waals surface area contributed by atoms with Crippen LogP contribution in [0.25, 0.3) is 0 Å². The molecule has 5 heteroatoms. The van der Waals surface area contributed by atoms with Gasteiger partial charge in [-0.2, -0.15) is 11.3 Å². The molecule has 1 atom stereocenters. The highest BCUT2D eigenvalue weighted by molar-refractivity contribution is 7.07. The fourth-order valence-electron chi connectivity index (χ4n) is 2.39. The minimum Gasteiger partial charge on any atom is -0.491 e. The second-order valence-electron chi connectivity index (χ2n) is 5.12. The first kappa shape index (κ1) is 14.5. The molecule has 1 fully saturated rings. The first-order valence-electron chi connectivity index (χ1n) is 7.03. The van der Waals surface area contributed by atoms with Crippen LogP contribution in [0.15, 0.2) is 41.1 Å². The van der Waals surface area contributed by atoms with Gasteiger partial charge in [0.15, 0.2) is 0 Å². The van der Waals surface area contributed by atoms with Crippen LogP contribution in [-0.4, -0.2) is 37.3 Å². The maximum atomic E-state index is 12.8. The fraction of sp³-hybridized carbons (Fsp3) is 0.375. The van der Waals surface area contributed by atoms with Crippen molar-refractivity contribution in [2.45, 2.75) is 12.6 Å². The molecule has 0 aliphatic carbocycles. The van der Waals surface area contributed by atoms with E-state index in [1.807, 2.05) is 0 Å². The lowest BCUT2D eigenvalue weighted by molar-refractivity contribution is -0.0504. The molecule has 0 spiro atoms. The van der Waals surface area contributed by atoms with Crippen LogP contribution in [0.5, 0.6) is 5.75 Å². The van der Waals surface area contributed by atoms with Crippen molar-refractivity contribution in [3.8, 4) is 5.75 Å². The molecule has 2 aromatic rings. The van der Waals surface area contributed by atoms with E-state index >= 15 is 0 Å². The van der Waals surface area contributed by atoms with E-state index in [4.69, 9.17) is 9.47 Å². The largest absolute Gasteiger partial charge is 0.491 e. The molecule has 112 valence electrons. The van der Waals surface area contributed by atoms with Gasteiger partial charge in [-0.25, -0.2) is 4.39 Å². The average molecular weight is 307 g/mol. The van der Waals surface area contributed by atoms with Crippen LogP contribution in [0.4, 0.5) is 4.39 Å². The summed E-state index contributed by atoms with van der Waals surface area (Å²) in [6.45, 7) is 3.98. The fourth-order valence-corrected chi connectivity index (χ4v) is 3.05. The van der Waals surface area contributed by atoms with Crippen molar-refractivity contribution in [1.29, 1.82) is 0 Å². The second-order valence-corrected chi connectivity index (χ2v) is 5.90. The van der Waals surface area contributed by atoms with Gasteiger partial charge in [0.1, 0.15) is 24.3 Å². The summed E-state index contributed by atoms with van der Waals surface area (Å²) in [6, 6.07) is 8.24. The highest BCUT2D eigenvalue weighted by Crippen LogP contribution is 2.15. The quantitative estimate of drug-likeness (QED) is 0.847. The maximum absolute atomic E-state index is 12.8. The Morgan fingerprint density at radius 1 is 1.29 bits per heavy atom. The van der Waals surface area contributed by atoms with Crippen LogP contribution in [0.2, 0.25) is 0 Å². The lowest BCUT2D eigenvalue weighted by Gasteiger charge is -2.32. The summed E-state index contributed by atoms with van der Waals surface area (Å²) in [5, 5.41) is 4.28. The number of thiophene rings is 1. The molecule has 0 N–H and O–H groups in total. The third-order valence-electron chi connectivity index (χ3n) is 3.46. The van der Waals surface area contributed by atoms with Crippen molar-refractivity contribution in [2.24, 2.45) is 0 Å². The smallest absolute Gasteiger partial charge is 0.123 e. The Bertz CT molecular complexity index is 544. The Morgan fingerprint density at radius 3 is 2.90 bits per heavy atom. The first-order valence-corrected chi connectivity index (χ1v) is 7.97. The summed E-state index contributed by atoms with van der Waals surface area (Å²) in [7, 11) is 0. The summed E-state index contributed by atoms with van der Waals surface area (Å²) in [4.78, 5) is 2.38. The number of hydrogen-bond donors (Lipinski definition) is 0. The van der Waals surface area contributed by atoms with E-state index in [1.165, 1.54) is 17.7 Å². The van der Waals surface area contributed by atoms with E-state index in [1.54, 1.807) is 23.5 Å². The highest BCUT2D eigenvalue weighted by atomic mass is 32.1. The third-order valence-corrected chi connectivity index (χ3v) is 4.19. The zero-order valence-corrected chi connectivity index (χ0v) is 12.5. The average Bonchev–Trinajstić information content (AvgIpc) is 3.00. The summed E-state index contributed by atoms with van der Waals surface area (Å²) < 4.78 is 24.2. The minimum absolute atomic E-state index is 0.0578. The van der Waals surface area contributed by atoms with Gasteiger partial charge in [0.05, 0.1) is 6.61 Å². The number of morpholine rings is 1. The Labute approximate surface area is 127 Å². The molecule has 1 aliphatic rings. The molecular formula is C16H18FNO2S. The molecule has 21 heavy (non-hydrogen) atoms. The van der Waals surface area contributed by atoms with Gasteiger partial charge in [-0.05, 0) is 46.7 Å². The van der Waals surface area contributed by atoms with Gasteiger partial charge < -0.3 is 9.47 Å². The van der Waals surface area contributed by atoms with Gasteiger partial charge in [0.2, 0.25) is 0 Å². The van der Waals surface area contributed by atoms with Crippen molar-refractivity contribution in [3.63, 3.8) is 0 Å². The molecule has 1 aromatic carbocycles. The van der Waals surface area contributed by atoms with Crippen molar-refractivity contribution < 1.29 is 13.9 Å². The zero-order chi connectivity index (χ0) is 14.5. The van der Waals surface area contributed by atoms with Gasteiger partial charge in [-0.3, -0.25) is 4.90 Å². The molecule has 1 unspecified atom stereocenters. The van der Waals surface area contributed by atoms with Gasteiger partial charge in [0, 0.05) is 19.6 Å². The molecule has 3 rings (SSSR count). The Morgan fingerprint density at radius 2 is 2.14 bits per heavy atom. The van der Waals surface area contributed by atoms with Gasteiger partial charge in [-0.15, -0.1) is 0 Å². The molecule has 0 radical (unpaired) electrons. The topological polar surface area (TPSA) is 21.7 Å². The number of nitrogens with zero attached hydrogens (tertiary/aromatic N) is 1. The highest BCUT2D eigenvalue weighted by Gasteiger charge is 2.21. The van der Waals surface area contributed by atoms with Gasteiger partial charge in [0.25, 0.3) is 0 Å². The summed E-state index contributed by atoms with van der Waals surface area (Å²) in [6.07, 6.45) is 0.0578. The van der Waals surface area contributed by atoms with E-state index in [-0.39, 0.29) is 11.9 Å². The van der Waals surface area contributed by atoms with Crippen LogP contribution in [0.3, 0.4) is 0 Å². The van der Waals surface area contributed by atoms with Crippen molar-refractivity contribution in [3.05, 3.63) is 52.5 Å². The van der Waals surface area contributed by atoms with Crippen LogP contribution in [0.1, 0.15) is 5.56 Å². The van der Waals surface area contributed by atoms with Crippen molar-refractivity contribution in [2.75, 3.05) is 26.3 Å². The Kier molecular flexibility index (Phi) is 4.85. The van der Waals surface area contributed by atoms with E-state index in [2.05, 4.69) is 21.7 Å². The van der Waals surface area contributed by atoms with Crippen LogP contribution in [-0.2, 0) is 11.3 Å². The van der Waals surface area contributed by atoms with Crippen molar-refractivity contribution >= 4 is 11.3 Å². The van der Waals surface area contributed by atoms with E-state index in [0.29, 0.717) is 12.4 Å². The minimum atomic E-state index is -0.252. The van der Waals surface area contributed by atoms with Crippen LogP contribution in [0, 0.1) is 5.82 Å². The maximum Gasteiger partial charge on any atom is 0.123 e. The summed E-state index contributed by atoms with van der Waals surface area (Å²) in [5.74, 6) is 0.424. The Hall–Kier alpha value is -1.43. The standard InChI is InChI=1S/C16H18FNO2S/c17-14-1-3-15(4-2-14)20-11-16-10-18(6-7-19-16)9-13-5-8-21-12-13/h1-5,8,12,16H,6-7,9-11H2. The van der Waals surface area contributed by atoms with Crippen LogP contribution < -0.4 is 4.74 Å². The third kappa shape index (κ3) is 4.27. The molecule has 1 aromatic heterocycles. The number of ether oxygens (including phenoxy) is 2. The van der Waals surface area contributed by atoms with Crippen LogP contribution >= 0.6 is 11.3 Å². The van der Waals surface area contributed by atoms with E-state index in [0.717, 1.165) is 26.2 Å². The second kappa shape index (κ2) is 7.02. The zero-order valence-electron chi connectivity index (χ0n) is 11.7. The lowest BCUT2D eigenvalue weighted by Crippen LogP contribution is -2.44. The number of halogens is 1. The molecular weight excluding hydrogens is 289 g/mol. The molecule has 0 amide bonds. The first-order chi connectivity index (χ1) is 10.3. The SMILES string of the molecule is Fc1ccc(OCC2CN(Cc3ccsc3)CCO2)cc1. The van der Waals surface area contributed by atoms with E-state index < -0.39 is 0 Å². The van der Waals surface area contributed by atoms with Gasteiger partial charge >= 0.3 is 0 Å². The lowest BCUT2D eigenvalue weighted by atomic mass is 10.2. The summed E-state index contributed by atoms with van der Waals surface area (Å²) in [5.41, 5.74) is 1.35. The predicted octanol–water partition coefficient (Wildman–Crippen LogP) is 3.17. The predicted molar refractivity (Wildman–Crippen MR) is 81.2 cm³/mol. The molecule has 1 aliphatic heterocycles. The number of benzene rings is 1. The molecule has 0 bridgehead atoms. The molecule has 0 saturated carbocycles. The Balaban J connectivity index is 1.48. The molecule has 3 nitrogen and oxygen atoms in total. The van der Waals surface area contributed by atoms with Crippen molar-refractivity contribution in [1.82, 2.24) is 4.90 Å². The van der Waals surface area contributed by atoms with Gasteiger partial charge in [-0.1, -0.05) is 0 Å². The monoisotopic (exact) mass is 307 g/mol. The number of hydrogen-bond acceptors (Lipinski definition) is 4. The molecule has 2 heterocycles.